The number of rotatable bonds is 4. The highest BCUT2D eigenvalue weighted by Crippen LogP contribution is 2.31. The predicted octanol–water partition coefficient (Wildman–Crippen LogP) is 4.74. The molecule has 1 atom stereocenters. The van der Waals surface area contributed by atoms with Crippen LogP contribution in [0.3, 0.4) is 0 Å². The molecule has 1 unspecified atom stereocenters. The average molecular weight is 445 g/mol. The first-order valence-corrected chi connectivity index (χ1v) is 9.65. The van der Waals surface area contributed by atoms with Crippen molar-refractivity contribution in [1.29, 1.82) is 0 Å². The molecule has 0 aliphatic carbocycles. The van der Waals surface area contributed by atoms with E-state index in [-0.39, 0.29) is 11.2 Å². The Morgan fingerprint density at radius 3 is 2.79 bits per heavy atom. The predicted molar refractivity (Wildman–Crippen MR) is 106 cm³/mol. The van der Waals surface area contributed by atoms with Crippen molar-refractivity contribution in [3.05, 3.63) is 62.9 Å². The molecule has 0 bridgehead atoms. The molecule has 0 radical (unpaired) electrons. The molecule has 144 valence electrons. The summed E-state index contributed by atoms with van der Waals surface area (Å²) in [5.74, 6) is 0.818. The summed E-state index contributed by atoms with van der Waals surface area (Å²) in [6.45, 7) is 2.21. The van der Waals surface area contributed by atoms with Gasteiger partial charge in [-0.3, -0.25) is 4.79 Å². The summed E-state index contributed by atoms with van der Waals surface area (Å²) in [5.41, 5.74) is 0.0196. The van der Waals surface area contributed by atoms with Crippen molar-refractivity contribution in [3.8, 4) is 17.2 Å². The van der Waals surface area contributed by atoms with Crippen LogP contribution >= 0.6 is 15.9 Å². The molecule has 0 spiro atoms. The Bertz CT molecular complexity index is 1100. The van der Waals surface area contributed by atoms with E-state index in [4.69, 9.17) is 18.6 Å². The number of carbonyl (C=O) groups is 1. The van der Waals surface area contributed by atoms with Crippen LogP contribution in [0.4, 0.5) is 0 Å². The smallest absolute Gasteiger partial charge is 0.340 e. The van der Waals surface area contributed by atoms with Crippen molar-refractivity contribution < 1.29 is 23.4 Å². The van der Waals surface area contributed by atoms with Crippen molar-refractivity contribution in [1.82, 2.24) is 0 Å². The molecule has 0 saturated carbocycles. The lowest BCUT2D eigenvalue weighted by atomic mass is 10.2. The number of carbonyl (C=O) groups excluding carboxylic acids is 1. The number of ether oxygens (including phenoxy) is 3. The molecule has 1 saturated heterocycles. The van der Waals surface area contributed by atoms with Crippen LogP contribution < -0.4 is 14.9 Å². The highest BCUT2D eigenvalue weighted by molar-refractivity contribution is 9.10. The zero-order valence-electron chi connectivity index (χ0n) is 15.1. The SMILES string of the molecule is Cc1oc2cc(OC(=O)C3CCCO3)ccc2c(=O)c1Oc1ccccc1Br. The monoisotopic (exact) mass is 444 g/mol. The van der Waals surface area contributed by atoms with Crippen molar-refractivity contribution in [3.63, 3.8) is 0 Å². The van der Waals surface area contributed by atoms with Crippen LogP contribution in [-0.2, 0) is 9.53 Å². The molecule has 1 aromatic heterocycles. The number of halogens is 1. The topological polar surface area (TPSA) is 75.0 Å². The number of benzene rings is 2. The fraction of sp³-hybridized carbons (Fsp3) is 0.238. The van der Waals surface area contributed by atoms with E-state index in [0.29, 0.717) is 41.3 Å². The first-order chi connectivity index (χ1) is 13.5. The molecule has 2 aromatic carbocycles. The lowest BCUT2D eigenvalue weighted by Gasteiger charge is -2.11. The molecule has 4 rings (SSSR count). The number of hydrogen-bond donors (Lipinski definition) is 0. The molecular formula is C21H17BrO6. The van der Waals surface area contributed by atoms with Gasteiger partial charge in [0.2, 0.25) is 11.2 Å². The lowest BCUT2D eigenvalue weighted by molar-refractivity contribution is -0.144. The Kier molecular flexibility index (Phi) is 5.19. The van der Waals surface area contributed by atoms with E-state index < -0.39 is 12.1 Å². The summed E-state index contributed by atoms with van der Waals surface area (Å²) < 4.78 is 23.0. The molecule has 2 heterocycles. The van der Waals surface area contributed by atoms with Crippen LogP contribution in [0.25, 0.3) is 11.0 Å². The van der Waals surface area contributed by atoms with E-state index in [1.165, 1.54) is 6.07 Å². The van der Waals surface area contributed by atoms with Gasteiger partial charge in [-0.1, -0.05) is 12.1 Å². The normalized spacial score (nSPS) is 16.3. The molecule has 1 fully saturated rings. The minimum absolute atomic E-state index is 0.114. The van der Waals surface area contributed by atoms with E-state index in [1.54, 1.807) is 25.1 Å². The molecule has 1 aliphatic rings. The van der Waals surface area contributed by atoms with Crippen LogP contribution in [0, 0.1) is 6.92 Å². The number of esters is 1. The van der Waals surface area contributed by atoms with Crippen molar-refractivity contribution in [2.75, 3.05) is 6.61 Å². The van der Waals surface area contributed by atoms with Gasteiger partial charge in [-0.25, -0.2) is 4.79 Å². The maximum absolute atomic E-state index is 12.9. The van der Waals surface area contributed by atoms with Gasteiger partial charge in [0.1, 0.15) is 22.8 Å². The first kappa shape index (κ1) is 18.7. The average Bonchev–Trinajstić information content (AvgIpc) is 3.21. The maximum atomic E-state index is 12.9. The van der Waals surface area contributed by atoms with Gasteiger partial charge in [-0.15, -0.1) is 0 Å². The van der Waals surface area contributed by atoms with Crippen molar-refractivity contribution in [2.24, 2.45) is 0 Å². The largest absolute Gasteiger partial charge is 0.457 e. The molecule has 3 aromatic rings. The van der Waals surface area contributed by atoms with Gasteiger partial charge in [0.25, 0.3) is 0 Å². The summed E-state index contributed by atoms with van der Waals surface area (Å²) in [5, 5.41) is 0.338. The van der Waals surface area contributed by atoms with Gasteiger partial charge in [-0.05, 0) is 60.0 Å². The van der Waals surface area contributed by atoms with Crippen LogP contribution in [0.5, 0.6) is 17.2 Å². The third-order valence-electron chi connectivity index (χ3n) is 4.45. The van der Waals surface area contributed by atoms with E-state index in [0.717, 1.165) is 10.9 Å². The van der Waals surface area contributed by atoms with Crippen molar-refractivity contribution >= 4 is 32.9 Å². The molecular weight excluding hydrogens is 428 g/mol. The summed E-state index contributed by atoms with van der Waals surface area (Å²) in [7, 11) is 0. The fourth-order valence-electron chi connectivity index (χ4n) is 3.03. The number of aryl methyl sites for hydroxylation is 1. The number of fused-ring (bicyclic) bond motifs is 1. The van der Waals surface area contributed by atoms with Crippen LogP contribution in [0.1, 0.15) is 18.6 Å². The first-order valence-electron chi connectivity index (χ1n) is 8.86. The number of para-hydroxylation sites is 1. The van der Waals surface area contributed by atoms with Crippen LogP contribution in [0.2, 0.25) is 0 Å². The second-order valence-corrected chi connectivity index (χ2v) is 7.28. The highest BCUT2D eigenvalue weighted by atomic mass is 79.9. The third-order valence-corrected chi connectivity index (χ3v) is 5.10. The van der Waals surface area contributed by atoms with Crippen LogP contribution in [-0.4, -0.2) is 18.7 Å². The minimum atomic E-state index is -0.537. The van der Waals surface area contributed by atoms with Gasteiger partial charge in [0, 0.05) is 12.7 Å². The van der Waals surface area contributed by atoms with E-state index in [1.807, 2.05) is 18.2 Å². The van der Waals surface area contributed by atoms with Gasteiger partial charge in [0.05, 0.1) is 9.86 Å². The van der Waals surface area contributed by atoms with Gasteiger partial charge >= 0.3 is 5.97 Å². The Hall–Kier alpha value is -2.64. The minimum Gasteiger partial charge on any atom is -0.457 e. The summed E-state index contributed by atoms with van der Waals surface area (Å²) in [6, 6.07) is 11.9. The van der Waals surface area contributed by atoms with Gasteiger partial charge < -0.3 is 18.6 Å². The molecule has 7 heteroatoms. The van der Waals surface area contributed by atoms with E-state index in [2.05, 4.69) is 15.9 Å². The van der Waals surface area contributed by atoms with Crippen LogP contribution in [0.15, 0.2) is 56.1 Å². The maximum Gasteiger partial charge on any atom is 0.340 e. The van der Waals surface area contributed by atoms with Crippen molar-refractivity contribution in [2.45, 2.75) is 25.9 Å². The summed E-state index contributed by atoms with van der Waals surface area (Å²) in [6.07, 6.45) is 0.951. The zero-order chi connectivity index (χ0) is 19.7. The molecule has 6 nitrogen and oxygen atoms in total. The van der Waals surface area contributed by atoms with Gasteiger partial charge in [0.15, 0.2) is 6.10 Å². The second-order valence-electron chi connectivity index (χ2n) is 6.43. The third kappa shape index (κ3) is 3.68. The molecule has 1 aliphatic heterocycles. The Balaban J connectivity index is 1.65. The molecule has 28 heavy (non-hydrogen) atoms. The highest BCUT2D eigenvalue weighted by Gasteiger charge is 2.26. The van der Waals surface area contributed by atoms with E-state index in [9.17, 15) is 9.59 Å². The Morgan fingerprint density at radius 2 is 2.04 bits per heavy atom. The number of hydrogen-bond acceptors (Lipinski definition) is 6. The zero-order valence-corrected chi connectivity index (χ0v) is 16.7. The molecule has 0 amide bonds. The second kappa shape index (κ2) is 7.77. The lowest BCUT2D eigenvalue weighted by Crippen LogP contribution is -2.24. The summed E-state index contributed by atoms with van der Waals surface area (Å²) in [4.78, 5) is 25.0. The summed E-state index contributed by atoms with van der Waals surface area (Å²) >= 11 is 3.40. The Labute approximate surface area is 169 Å². The quantitative estimate of drug-likeness (QED) is 0.427. The Morgan fingerprint density at radius 1 is 1.21 bits per heavy atom. The van der Waals surface area contributed by atoms with Gasteiger partial charge in [-0.2, -0.15) is 0 Å². The standard InChI is InChI=1S/C21H17BrO6/c1-12-20(28-16-6-3-2-5-15(16)22)19(23)14-9-8-13(11-18(14)26-12)27-21(24)17-7-4-10-25-17/h2-3,5-6,8-9,11,17H,4,7,10H2,1H3. The van der Waals surface area contributed by atoms with E-state index >= 15 is 0 Å². The fourth-order valence-corrected chi connectivity index (χ4v) is 3.40. The molecule has 0 N–H and O–H groups in total.